The van der Waals surface area contributed by atoms with E-state index in [9.17, 15) is 4.57 Å². The van der Waals surface area contributed by atoms with Crippen molar-refractivity contribution in [3.8, 4) is 12.1 Å². The summed E-state index contributed by atoms with van der Waals surface area (Å²) in [4.78, 5) is 0. The van der Waals surface area contributed by atoms with E-state index in [1.807, 2.05) is 0 Å². The van der Waals surface area contributed by atoms with E-state index in [1.54, 1.807) is 42.5 Å². The maximum absolute atomic E-state index is 11.2. The van der Waals surface area contributed by atoms with Gasteiger partial charge in [0, 0.05) is 28.0 Å². The molecule has 0 saturated heterocycles. The zero-order valence-corrected chi connectivity index (χ0v) is 10.7. The van der Waals surface area contributed by atoms with Gasteiger partial charge < -0.3 is 4.52 Å². The minimum atomic E-state index is -3.88. The molecule has 0 aliphatic rings. The molecule has 0 atom stereocenters. The van der Waals surface area contributed by atoms with Crippen LogP contribution in [0.3, 0.4) is 0 Å². The van der Waals surface area contributed by atoms with Gasteiger partial charge in [-0.05, 0) is 0 Å². The molecule has 17 heavy (non-hydrogen) atoms. The Morgan fingerprint density at radius 2 is 1.71 bits per heavy atom. The molecule has 7 heteroatoms. The molecule has 0 saturated carbocycles. The minimum Gasteiger partial charge on any atom is -0.419 e. The van der Waals surface area contributed by atoms with Gasteiger partial charge in [0.25, 0.3) is 0 Å². The number of hydrogen-bond donors (Lipinski definition) is 0. The molecule has 1 aromatic carbocycles. The van der Waals surface area contributed by atoms with Crippen LogP contribution in [0.25, 0.3) is 5.76 Å². The van der Waals surface area contributed by atoms with Gasteiger partial charge in [-0.15, -0.1) is 0 Å². The van der Waals surface area contributed by atoms with Crippen molar-refractivity contribution in [3.63, 3.8) is 0 Å². The Balaban J connectivity index is 3.34. The van der Waals surface area contributed by atoms with Crippen molar-refractivity contribution in [2.45, 2.75) is 0 Å². The van der Waals surface area contributed by atoms with Gasteiger partial charge in [0.1, 0.15) is 12.1 Å². The van der Waals surface area contributed by atoms with Gasteiger partial charge in [0.15, 0.2) is 11.3 Å². The Morgan fingerprint density at radius 3 is 2.12 bits per heavy atom. The third kappa shape index (κ3) is 4.13. The third-order valence-electron chi connectivity index (χ3n) is 1.68. The van der Waals surface area contributed by atoms with E-state index in [0.717, 1.165) is 0 Å². The smallest absolute Gasteiger partial charge is 0.419 e. The average Bonchev–Trinajstić information content (AvgIpc) is 2.29. The van der Waals surface area contributed by atoms with Crippen molar-refractivity contribution >= 4 is 34.3 Å². The zero-order valence-electron chi connectivity index (χ0n) is 8.30. The normalized spacial score (nSPS) is 9.88. The molecule has 0 unspecified atom stereocenters. The molecule has 4 nitrogen and oxygen atoms in total. The first-order valence-electron chi connectivity index (χ1n) is 4.27. The highest BCUT2D eigenvalue weighted by Crippen LogP contribution is 2.60. The monoisotopic (exact) mass is 286 g/mol. The maximum atomic E-state index is 11.2. The second-order valence-corrected chi connectivity index (χ2v) is 7.00. The van der Waals surface area contributed by atoms with Crippen LogP contribution in [0.4, 0.5) is 0 Å². The molecular formula is C10H5Cl2N2O2P. The van der Waals surface area contributed by atoms with E-state index in [-0.39, 0.29) is 11.3 Å². The summed E-state index contributed by atoms with van der Waals surface area (Å²) < 4.78 is 16.0. The van der Waals surface area contributed by atoms with Crippen LogP contribution in [0.15, 0.2) is 35.9 Å². The summed E-state index contributed by atoms with van der Waals surface area (Å²) in [6.45, 7) is 0. The molecule has 0 bridgehead atoms. The first kappa shape index (κ1) is 13.6. The lowest BCUT2D eigenvalue weighted by molar-refractivity contribution is 0.490. The summed E-state index contributed by atoms with van der Waals surface area (Å²) in [5.74, 6) is -0.191. The van der Waals surface area contributed by atoms with Crippen LogP contribution in [0.5, 0.6) is 0 Å². The van der Waals surface area contributed by atoms with Crippen LogP contribution in [-0.2, 0) is 9.09 Å². The highest BCUT2D eigenvalue weighted by atomic mass is 35.9. The van der Waals surface area contributed by atoms with Crippen LogP contribution in [0.2, 0.25) is 0 Å². The first-order chi connectivity index (χ1) is 7.98. The Bertz CT molecular complexity index is 550. The van der Waals surface area contributed by atoms with Crippen LogP contribution in [-0.4, -0.2) is 0 Å². The molecule has 1 aromatic rings. The molecule has 0 fully saturated rings. The van der Waals surface area contributed by atoms with Crippen molar-refractivity contribution in [2.75, 3.05) is 0 Å². The molecular weight excluding hydrogens is 282 g/mol. The Kier molecular flexibility index (Phi) is 4.61. The van der Waals surface area contributed by atoms with Crippen molar-refractivity contribution in [1.82, 2.24) is 0 Å². The second kappa shape index (κ2) is 5.75. The van der Waals surface area contributed by atoms with Gasteiger partial charge in [-0.25, -0.2) is 4.57 Å². The van der Waals surface area contributed by atoms with E-state index in [4.69, 9.17) is 37.5 Å². The SMILES string of the molecule is N#CC(C#N)=C(OP(=O)(Cl)Cl)c1ccccc1. The van der Waals surface area contributed by atoms with E-state index in [2.05, 4.69) is 0 Å². The number of hydrogen-bond acceptors (Lipinski definition) is 4. The standard InChI is InChI=1S/C10H5Cl2N2O2P/c11-17(12,15)16-10(9(6-13)7-14)8-4-2-1-3-5-8/h1-5H. The fourth-order valence-corrected chi connectivity index (χ4v) is 1.89. The van der Waals surface area contributed by atoms with Gasteiger partial charge in [0.2, 0.25) is 0 Å². The van der Waals surface area contributed by atoms with Crippen molar-refractivity contribution in [3.05, 3.63) is 41.5 Å². The molecule has 0 radical (unpaired) electrons. The largest absolute Gasteiger partial charge is 0.428 e. The van der Waals surface area contributed by atoms with Gasteiger partial charge in [-0.1, -0.05) is 30.3 Å². The molecule has 0 aliphatic carbocycles. The Hall–Kier alpha value is -1.45. The summed E-state index contributed by atoms with van der Waals surface area (Å²) in [6.07, 6.45) is -3.88. The summed E-state index contributed by atoms with van der Waals surface area (Å²) >= 11 is 10.6. The Morgan fingerprint density at radius 1 is 1.18 bits per heavy atom. The second-order valence-electron chi connectivity index (χ2n) is 2.80. The molecule has 1 rings (SSSR count). The van der Waals surface area contributed by atoms with Gasteiger partial charge >= 0.3 is 6.07 Å². The first-order valence-corrected chi connectivity index (χ1v) is 7.70. The van der Waals surface area contributed by atoms with E-state index < -0.39 is 6.07 Å². The average molecular weight is 287 g/mol. The zero-order chi connectivity index (χ0) is 12.9. The summed E-state index contributed by atoms with van der Waals surface area (Å²) in [5.41, 5.74) is 0.0462. The van der Waals surface area contributed by atoms with Crippen LogP contribution in [0.1, 0.15) is 5.56 Å². The van der Waals surface area contributed by atoms with Gasteiger partial charge in [-0.2, -0.15) is 10.5 Å². The fourth-order valence-electron chi connectivity index (χ4n) is 1.07. The third-order valence-corrected chi connectivity index (χ3v) is 2.49. The maximum Gasteiger partial charge on any atom is 0.428 e. The lowest BCUT2D eigenvalue weighted by atomic mass is 10.1. The predicted molar refractivity (Wildman–Crippen MR) is 65.0 cm³/mol. The molecule has 86 valence electrons. The number of halogens is 2. The van der Waals surface area contributed by atoms with E-state index >= 15 is 0 Å². The minimum absolute atomic E-state index is 0.191. The molecule has 0 aliphatic heterocycles. The molecule has 0 amide bonds. The predicted octanol–water partition coefficient (Wildman–Crippen LogP) is 4.05. The van der Waals surface area contributed by atoms with Gasteiger partial charge in [-0.3, -0.25) is 0 Å². The topological polar surface area (TPSA) is 73.9 Å². The van der Waals surface area contributed by atoms with Crippen LogP contribution < -0.4 is 0 Å². The molecule has 0 heterocycles. The van der Waals surface area contributed by atoms with Crippen LogP contribution in [0, 0.1) is 22.7 Å². The number of nitrogens with zero attached hydrogens (tertiary/aromatic N) is 2. The number of benzene rings is 1. The lowest BCUT2D eigenvalue weighted by Crippen LogP contribution is -1.91. The lowest BCUT2D eigenvalue weighted by Gasteiger charge is -2.10. The van der Waals surface area contributed by atoms with Crippen molar-refractivity contribution < 1.29 is 9.09 Å². The highest BCUT2D eigenvalue weighted by Gasteiger charge is 2.22. The summed E-state index contributed by atoms with van der Waals surface area (Å²) in [6, 6.07) is 11.5. The molecule has 0 N–H and O–H groups in total. The fraction of sp³-hybridized carbons (Fsp3) is 0. The van der Waals surface area contributed by atoms with Crippen molar-refractivity contribution in [1.29, 1.82) is 10.5 Å². The summed E-state index contributed by atoms with van der Waals surface area (Å²) in [5, 5.41) is 17.5. The molecule has 0 spiro atoms. The Labute approximate surface area is 108 Å². The van der Waals surface area contributed by atoms with E-state index in [0.29, 0.717) is 5.56 Å². The van der Waals surface area contributed by atoms with E-state index in [1.165, 1.54) is 0 Å². The highest BCUT2D eigenvalue weighted by molar-refractivity contribution is 8.05. The quantitative estimate of drug-likeness (QED) is 0.477. The molecule has 0 aromatic heterocycles. The number of nitriles is 2. The number of rotatable bonds is 3. The van der Waals surface area contributed by atoms with Crippen LogP contribution >= 0.6 is 28.6 Å². The van der Waals surface area contributed by atoms with Gasteiger partial charge in [0.05, 0.1) is 0 Å². The number of allylic oxidation sites excluding steroid dienone is 1. The summed E-state index contributed by atoms with van der Waals surface area (Å²) in [7, 11) is 0. The van der Waals surface area contributed by atoms with Crippen molar-refractivity contribution in [2.24, 2.45) is 0 Å².